The Morgan fingerprint density at radius 1 is 1.69 bits per heavy atom. The zero-order chi connectivity index (χ0) is 11.4. The molecule has 1 amide bonds. The second-order valence-electron chi connectivity index (χ2n) is 4.05. The lowest BCUT2D eigenvalue weighted by atomic mass is 10.1. The molecule has 2 heterocycles. The van der Waals surface area contributed by atoms with Crippen LogP contribution in [-0.2, 0) is 0 Å². The fraction of sp³-hybridized carbons (Fsp3) is 0.636. The van der Waals surface area contributed by atoms with Crippen LogP contribution in [0.4, 0.5) is 0 Å². The number of hydrogen-bond donors (Lipinski definition) is 1. The van der Waals surface area contributed by atoms with Gasteiger partial charge in [0.15, 0.2) is 5.69 Å². The quantitative estimate of drug-likeness (QED) is 0.830. The number of amides is 1. The summed E-state index contributed by atoms with van der Waals surface area (Å²) >= 11 is 0. The molecular formula is C11H16N2O3. The van der Waals surface area contributed by atoms with E-state index in [0.29, 0.717) is 5.69 Å². The number of likely N-dealkylation sites (tertiary alicyclic amines) is 1. The second-order valence-corrected chi connectivity index (χ2v) is 4.05. The summed E-state index contributed by atoms with van der Waals surface area (Å²) in [5.74, 6) is -0.0609. The van der Waals surface area contributed by atoms with Crippen LogP contribution in [0.1, 0.15) is 36.2 Å². The van der Waals surface area contributed by atoms with Crippen LogP contribution < -0.4 is 0 Å². The van der Waals surface area contributed by atoms with Crippen molar-refractivity contribution in [2.24, 2.45) is 0 Å². The SMILES string of the molecule is O=C(c1ccon1)N1CCCC1CCCO. The average Bonchev–Trinajstić information content (AvgIpc) is 2.96. The molecule has 1 N–H and O–H groups in total. The minimum Gasteiger partial charge on any atom is -0.396 e. The van der Waals surface area contributed by atoms with E-state index in [4.69, 9.17) is 5.11 Å². The van der Waals surface area contributed by atoms with Crippen molar-refractivity contribution in [3.63, 3.8) is 0 Å². The van der Waals surface area contributed by atoms with Crippen molar-refractivity contribution in [3.8, 4) is 0 Å². The molecular weight excluding hydrogens is 208 g/mol. The third-order valence-electron chi connectivity index (χ3n) is 2.99. The molecule has 1 unspecified atom stereocenters. The van der Waals surface area contributed by atoms with Crippen molar-refractivity contribution >= 4 is 5.91 Å². The number of carbonyl (C=O) groups is 1. The normalized spacial score (nSPS) is 20.3. The number of hydrogen-bond acceptors (Lipinski definition) is 4. The van der Waals surface area contributed by atoms with Crippen molar-refractivity contribution in [2.75, 3.05) is 13.2 Å². The number of nitrogens with zero attached hydrogens (tertiary/aromatic N) is 2. The molecule has 0 radical (unpaired) electrons. The summed E-state index contributed by atoms with van der Waals surface area (Å²) in [4.78, 5) is 13.9. The first-order valence-electron chi connectivity index (χ1n) is 5.65. The molecule has 5 heteroatoms. The first kappa shape index (κ1) is 11.1. The van der Waals surface area contributed by atoms with Gasteiger partial charge in [-0.1, -0.05) is 5.16 Å². The van der Waals surface area contributed by atoms with Crippen LogP contribution in [0, 0.1) is 0 Å². The van der Waals surface area contributed by atoms with Gasteiger partial charge in [-0.3, -0.25) is 4.79 Å². The van der Waals surface area contributed by atoms with E-state index < -0.39 is 0 Å². The molecule has 1 aromatic heterocycles. The Hall–Kier alpha value is -1.36. The topological polar surface area (TPSA) is 66.6 Å². The van der Waals surface area contributed by atoms with E-state index >= 15 is 0 Å². The molecule has 1 aromatic rings. The number of rotatable bonds is 4. The molecule has 0 aromatic carbocycles. The lowest BCUT2D eigenvalue weighted by Gasteiger charge is -2.23. The molecule has 16 heavy (non-hydrogen) atoms. The number of aliphatic hydroxyl groups excluding tert-OH is 1. The maximum absolute atomic E-state index is 12.0. The summed E-state index contributed by atoms with van der Waals surface area (Å²) in [6.07, 6.45) is 5.06. The molecule has 1 aliphatic rings. The van der Waals surface area contributed by atoms with Gasteiger partial charge >= 0.3 is 0 Å². The van der Waals surface area contributed by atoms with Crippen molar-refractivity contribution < 1.29 is 14.4 Å². The maximum atomic E-state index is 12.0. The zero-order valence-electron chi connectivity index (χ0n) is 9.13. The Labute approximate surface area is 94.0 Å². The summed E-state index contributed by atoms with van der Waals surface area (Å²) in [6.45, 7) is 0.963. The third kappa shape index (κ3) is 2.24. The monoisotopic (exact) mass is 224 g/mol. The van der Waals surface area contributed by atoms with Crippen molar-refractivity contribution in [1.82, 2.24) is 10.1 Å². The molecule has 1 saturated heterocycles. The van der Waals surface area contributed by atoms with E-state index in [1.165, 1.54) is 6.26 Å². The highest BCUT2D eigenvalue weighted by molar-refractivity contribution is 5.92. The highest BCUT2D eigenvalue weighted by Gasteiger charge is 2.29. The van der Waals surface area contributed by atoms with Gasteiger partial charge in [0.1, 0.15) is 6.26 Å². The van der Waals surface area contributed by atoms with Crippen LogP contribution in [-0.4, -0.2) is 40.3 Å². The minimum atomic E-state index is -0.0609. The van der Waals surface area contributed by atoms with Crippen LogP contribution >= 0.6 is 0 Å². The van der Waals surface area contributed by atoms with Gasteiger partial charge in [0.25, 0.3) is 5.91 Å². The maximum Gasteiger partial charge on any atom is 0.276 e. The second kappa shape index (κ2) is 5.12. The van der Waals surface area contributed by atoms with Gasteiger partial charge in [-0.25, -0.2) is 0 Å². The van der Waals surface area contributed by atoms with Crippen LogP contribution in [0.3, 0.4) is 0 Å². The molecule has 88 valence electrons. The summed E-state index contributed by atoms with van der Waals surface area (Å²) in [5, 5.41) is 12.5. The summed E-state index contributed by atoms with van der Waals surface area (Å²) in [7, 11) is 0. The summed E-state index contributed by atoms with van der Waals surface area (Å²) < 4.78 is 4.67. The van der Waals surface area contributed by atoms with Gasteiger partial charge in [0.2, 0.25) is 0 Å². The Balaban J connectivity index is 1.99. The Bertz CT molecular complexity index is 337. The van der Waals surface area contributed by atoms with Gasteiger partial charge in [-0.05, 0) is 25.7 Å². The van der Waals surface area contributed by atoms with E-state index in [-0.39, 0.29) is 18.6 Å². The smallest absolute Gasteiger partial charge is 0.276 e. The van der Waals surface area contributed by atoms with E-state index in [0.717, 1.165) is 32.2 Å². The lowest BCUT2D eigenvalue weighted by molar-refractivity contribution is 0.0714. The lowest BCUT2D eigenvalue weighted by Crippen LogP contribution is -2.35. The van der Waals surface area contributed by atoms with Crippen LogP contribution in [0.5, 0.6) is 0 Å². The molecule has 0 saturated carbocycles. The third-order valence-corrected chi connectivity index (χ3v) is 2.99. The predicted molar refractivity (Wildman–Crippen MR) is 56.9 cm³/mol. The van der Waals surface area contributed by atoms with Crippen molar-refractivity contribution in [3.05, 3.63) is 18.0 Å². The predicted octanol–water partition coefficient (Wildman–Crippen LogP) is 1.05. The van der Waals surface area contributed by atoms with Gasteiger partial charge in [-0.2, -0.15) is 0 Å². The summed E-state index contributed by atoms with van der Waals surface area (Å²) in [5.41, 5.74) is 0.371. The summed E-state index contributed by atoms with van der Waals surface area (Å²) in [6, 6.07) is 1.83. The molecule has 1 atom stereocenters. The molecule has 2 rings (SSSR count). The van der Waals surface area contributed by atoms with E-state index in [1.807, 2.05) is 4.90 Å². The number of aliphatic hydroxyl groups is 1. The number of aromatic nitrogens is 1. The number of carbonyl (C=O) groups excluding carboxylic acids is 1. The first-order valence-corrected chi connectivity index (χ1v) is 5.65. The Kier molecular flexibility index (Phi) is 3.56. The van der Waals surface area contributed by atoms with E-state index in [1.54, 1.807) is 6.07 Å². The Morgan fingerprint density at radius 3 is 3.25 bits per heavy atom. The van der Waals surface area contributed by atoms with Gasteiger partial charge in [-0.15, -0.1) is 0 Å². The van der Waals surface area contributed by atoms with Crippen LogP contribution in [0.25, 0.3) is 0 Å². The van der Waals surface area contributed by atoms with Crippen LogP contribution in [0.2, 0.25) is 0 Å². The van der Waals surface area contributed by atoms with Crippen molar-refractivity contribution in [2.45, 2.75) is 31.7 Å². The van der Waals surface area contributed by atoms with Gasteiger partial charge in [0.05, 0.1) is 0 Å². The Morgan fingerprint density at radius 2 is 2.56 bits per heavy atom. The molecule has 1 fully saturated rings. The molecule has 1 aliphatic heterocycles. The van der Waals surface area contributed by atoms with E-state index in [2.05, 4.69) is 9.68 Å². The zero-order valence-corrected chi connectivity index (χ0v) is 9.13. The molecule has 0 bridgehead atoms. The highest BCUT2D eigenvalue weighted by atomic mass is 16.5. The molecule has 5 nitrogen and oxygen atoms in total. The molecule has 0 aliphatic carbocycles. The largest absolute Gasteiger partial charge is 0.396 e. The molecule has 0 spiro atoms. The first-order chi connectivity index (χ1) is 7.83. The fourth-order valence-electron chi connectivity index (χ4n) is 2.20. The standard InChI is InChI=1S/C11H16N2O3/c14-7-2-4-9-3-1-6-13(9)11(15)10-5-8-16-12-10/h5,8-9,14H,1-4,6-7H2. The fourth-order valence-corrected chi connectivity index (χ4v) is 2.20. The van der Waals surface area contributed by atoms with Crippen LogP contribution in [0.15, 0.2) is 16.9 Å². The average molecular weight is 224 g/mol. The van der Waals surface area contributed by atoms with Crippen molar-refractivity contribution in [1.29, 1.82) is 0 Å². The highest BCUT2D eigenvalue weighted by Crippen LogP contribution is 2.22. The van der Waals surface area contributed by atoms with Gasteiger partial charge in [0, 0.05) is 25.3 Å². The van der Waals surface area contributed by atoms with Gasteiger partial charge < -0.3 is 14.5 Å². The van der Waals surface area contributed by atoms with E-state index in [9.17, 15) is 4.79 Å². The minimum absolute atomic E-state index is 0.0609.